The summed E-state index contributed by atoms with van der Waals surface area (Å²) in [4.78, 5) is 3.21. The monoisotopic (exact) mass is 270 g/mol. The van der Waals surface area contributed by atoms with E-state index in [0.29, 0.717) is 0 Å². The maximum atomic E-state index is 13.3. The van der Waals surface area contributed by atoms with Crippen molar-refractivity contribution in [1.82, 2.24) is 4.98 Å². The highest BCUT2D eigenvalue weighted by Crippen LogP contribution is 2.31. The molecule has 2 aromatic rings. The second-order valence-corrected chi connectivity index (χ2v) is 4.62. The van der Waals surface area contributed by atoms with Gasteiger partial charge in [-0.15, -0.1) is 0 Å². The number of H-pyrrole nitrogens is 1. The molecule has 0 aliphatic carbocycles. The number of halogens is 2. The summed E-state index contributed by atoms with van der Waals surface area (Å²) in [5, 5.41) is 0.856. The molecule has 0 saturated heterocycles. The van der Waals surface area contributed by atoms with Crippen molar-refractivity contribution in [3.8, 4) is 0 Å². The van der Waals surface area contributed by atoms with Gasteiger partial charge in [0, 0.05) is 21.6 Å². The number of nitrogens with one attached hydrogen (secondary N) is 1. The van der Waals surface area contributed by atoms with Gasteiger partial charge in [-0.2, -0.15) is 0 Å². The Balaban J connectivity index is 2.86. The molecular weight excluding hydrogens is 259 g/mol. The van der Waals surface area contributed by atoms with Crippen LogP contribution in [0.2, 0.25) is 0 Å². The molecule has 1 aromatic heterocycles. The van der Waals surface area contributed by atoms with E-state index in [1.54, 1.807) is 0 Å². The highest BCUT2D eigenvalue weighted by Gasteiger charge is 2.14. The van der Waals surface area contributed by atoms with Crippen molar-refractivity contribution in [2.45, 2.75) is 19.9 Å². The molecule has 2 rings (SSSR count). The van der Waals surface area contributed by atoms with Crippen molar-refractivity contribution in [3.05, 3.63) is 33.7 Å². The van der Waals surface area contributed by atoms with Crippen LogP contribution >= 0.6 is 15.9 Å². The van der Waals surface area contributed by atoms with Gasteiger partial charge in [0.05, 0.1) is 5.52 Å². The lowest BCUT2D eigenvalue weighted by atomic mass is 10.1. The molecule has 0 radical (unpaired) electrons. The predicted octanol–water partition coefficient (Wildman–Crippen LogP) is 3.40. The number of aromatic nitrogens is 1. The minimum absolute atomic E-state index is 0.104. The Labute approximate surface area is 95.8 Å². The van der Waals surface area contributed by atoms with Gasteiger partial charge in [0.15, 0.2) is 0 Å². The molecule has 0 saturated carbocycles. The van der Waals surface area contributed by atoms with E-state index in [0.717, 1.165) is 26.6 Å². The minimum atomic E-state index is -0.254. The van der Waals surface area contributed by atoms with Crippen LogP contribution in [0.5, 0.6) is 0 Å². The van der Waals surface area contributed by atoms with Crippen molar-refractivity contribution < 1.29 is 4.39 Å². The van der Waals surface area contributed by atoms with Crippen molar-refractivity contribution >= 4 is 26.8 Å². The standard InChI is InChI=1S/C11H12BrFN2/c1-5(14)10-6(2)15-11-8(10)3-7(13)4-9(11)12/h3-5,15H,14H2,1-2H3. The van der Waals surface area contributed by atoms with Gasteiger partial charge in [-0.3, -0.25) is 0 Å². The summed E-state index contributed by atoms with van der Waals surface area (Å²) in [7, 11) is 0. The fraction of sp³-hybridized carbons (Fsp3) is 0.273. The molecule has 1 unspecified atom stereocenters. The Bertz CT molecular complexity index is 517. The first-order valence-electron chi connectivity index (χ1n) is 4.73. The van der Waals surface area contributed by atoms with Gasteiger partial charge in [-0.1, -0.05) is 0 Å². The number of fused-ring (bicyclic) bond motifs is 1. The number of benzene rings is 1. The zero-order valence-electron chi connectivity index (χ0n) is 8.57. The van der Waals surface area contributed by atoms with Gasteiger partial charge in [-0.05, 0) is 47.5 Å². The minimum Gasteiger partial charge on any atom is -0.357 e. The van der Waals surface area contributed by atoms with E-state index in [1.165, 1.54) is 12.1 Å². The van der Waals surface area contributed by atoms with Gasteiger partial charge in [0.1, 0.15) is 5.82 Å². The van der Waals surface area contributed by atoms with Crippen LogP contribution in [-0.2, 0) is 0 Å². The largest absolute Gasteiger partial charge is 0.357 e. The van der Waals surface area contributed by atoms with Gasteiger partial charge in [0.25, 0.3) is 0 Å². The predicted molar refractivity (Wildman–Crippen MR) is 63.3 cm³/mol. The molecule has 2 nitrogen and oxygen atoms in total. The number of aromatic amines is 1. The fourth-order valence-corrected chi connectivity index (χ4v) is 2.49. The molecule has 15 heavy (non-hydrogen) atoms. The van der Waals surface area contributed by atoms with Crippen molar-refractivity contribution in [1.29, 1.82) is 0 Å². The third-order valence-corrected chi connectivity index (χ3v) is 3.14. The fourth-order valence-electron chi connectivity index (χ4n) is 1.96. The first-order chi connectivity index (χ1) is 7.00. The zero-order valence-corrected chi connectivity index (χ0v) is 10.2. The molecule has 3 N–H and O–H groups in total. The van der Waals surface area contributed by atoms with Crippen LogP contribution in [0.1, 0.15) is 24.2 Å². The van der Waals surface area contributed by atoms with Gasteiger partial charge in [-0.25, -0.2) is 4.39 Å². The summed E-state index contributed by atoms with van der Waals surface area (Å²) in [6.45, 7) is 3.84. The number of hydrogen-bond donors (Lipinski definition) is 2. The topological polar surface area (TPSA) is 41.8 Å². The van der Waals surface area contributed by atoms with Gasteiger partial charge < -0.3 is 10.7 Å². The first kappa shape index (κ1) is 10.6. The summed E-state index contributed by atoms with van der Waals surface area (Å²) >= 11 is 3.33. The van der Waals surface area contributed by atoms with E-state index < -0.39 is 0 Å². The summed E-state index contributed by atoms with van der Waals surface area (Å²) < 4.78 is 14.0. The molecule has 1 heterocycles. The van der Waals surface area contributed by atoms with Crippen LogP contribution < -0.4 is 5.73 Å². The number of nitrogens with two attached hydrogens (primary N) is 1. The Hall–Kier alpha value is -0.870. The van der Waals surface area contributed by atoms with E-state index in [-0.39, 0.29) is 11.9 Å². The summed E-state index contributed by atoms with van der Waals surface area (Å²) in [5.74, 6) is -0.254. The molecule has 0 fully saturated rings. The third kappa shape index (κ3) is 1.68. The average molecular weight is 271 g/mol. The van der Waals surface area contributed by atoms with Gasteiger partial charge >= 0.3 is 0 Å². The molecule has 80 valence electrons. The van der Waals surface area contributed by atoms with Crippen LogP contribution in [0.25, 0.3) is 10.9 Å². The number of rotatable bonds is 1. The number of aryl methyl sites for hydroxylation is 1. The molecule has 0 aliphatic rings. The Morgan fingerprint density at radius 1 is 1.47 bits per heavy atom. The molecule has 0 bridgehead atoms. The first-order valence-corrected chi connectivity index (χ1v) is 5.53. The van der Waals surface area contributed by atoms with E-state index in [4.69, 9.17) is 5.73 Å². The molecular formula is C11H12BrFN2. The molecule has 0 amide bonds. The maximum Gasteiger partial charge on any atom is 0.125 e. The van der Waals surface area contributed by atoms with Crippen molar-refractivity contribution in [2.75, 3.05) is 0 Å². The average Bonchev–Trinajstić information content (AvgIpc) is 2.41. The summed E-state index contributed by atoms with van der Waals surface area (Å²) in [6, 6.07) is 2.86. The zero-order chi connectivity index (χ0) is 11.2. The van der Waals surface area contributed by atoms with E-state index in [1.807, 2.05) is 13.8 Å². The Morgan fingerprint density at radius 2 is 2.13 bits per heavy atom. The molecule has 1 aromatic carbocycles. The SMILES string of the molecule is Cc1[nH]c2c(Br)cc(F)cc2c1C(C)N. The summed E-state index contributed by atoms with van der Waals surface area (Å²) in [5.41, 5.74) is 8.74. The van der Waals surface area contributed by atoms with Crippen LogP contribution in [0, 0.1) is 12.7 Å². The Kier molecular flexibility index (Phi) is 2.56. The lowest BCUT2D eigenvalue weighted by Gasteiger charge is -2.05. The van der Waals surface area contributed by atoms with E-state index in [9.17, 15) is 4.39 Å². The summed E-state index contributed by atoms with van der Waals surface area (Å²) in [6.07, 6.45) is 0. The smallest absolute Gasteiger partial charge is 0.125 e. The Morgan fingerprint density at radius 3 is 2.73 bits per heavy atom. The highest BCUT2D eigenvalue weighted by molar-refractivity contribution is 9.10. The number of hydrogen-bond acceptors (Lipinski definition) is 1. The maximum absolute atomic E-state index is 13.3. The van der Waals surface area contributed by atoms with Crippen LogP contribution in [0.15, 0.2) is 16.6 Å². The normalized spacial score (nSPS) is 13.4. The van der Waals surface area contributed by atoms with Crippen LogP contribution in [0.4, 0.5) is 4.39 Å². The van der Waals surface area contributed by atoms with Crippen molar-refractivity contribution in [3.63, 3.8) is 0 Å². The second-order valence-electron chi connectivity index (χ2n) is 3.76. The molecule has 4 heteroatoms. The molecule has 1 atom stereocenters. The lowest BCUT2D eigenvalue weighted by Crippen LogP contribution is -2.05. The highest BCUT2D eigenvalue weighted by atomic mass is 79.9. The van der Waals surface area contributed by atoms with Crippen LogP contribution in [0.3, 0.4) is 0 Å². The lowest BCUT2D eigenvalue weighted by molar-refractivity contribution is 0.628. The molecule has 0 aliphatic heterocycles. The van der Waals surface area contributed by atoms with E-state index in [2.05, 4.69) is 20.9 Å². The molecule has 0 spiro atoms. The third-order valence-electron chi connectivity index (χ3n) is 2.52. The van der Waals surface area contributed by atoms with Crippen LogP contribution in [-0.4, -0.2) is 4.98 Å². The quantitative estimate of drug-likeness (QED) is 0.820. The van der Waals surface area contributed by atoms with Crippen molar-refractivity contribution in [2.24, 2.45) is 5.73 Å². The van der Waals surface area contributed by atoms with E-state index >= 15 is 0 Å². The second kappa shape index (κ2) is 3.61. The van der Waals surface area contributed by atoms with Gasteiger partial charge in [0.2, 0.25) is 0 Å².